The number of aryl methyl sites for hydroxylation is 2. The van der Waals surface area contributed by atoms with E-state index in [0.717, 1.165) is 12.2 Å². The van der Waals surface area contributed by atoms with Crippen molar-refractivity contribution in [2.24, 2.45) is 0 Å². The molecule has 1 aliphatic rings. The molecule has 1 N–H and O–H groups in total. The number of aromatic nitrogens is 1. The van der Waals surface area contributed by atoms with Crippen molar-refractivity contribution in [1.82, 2.24) is 9.88 Å². The molecule has 0 aliphatic carbocycles. The Morgan fingerprint density at radius 2 is 2.08 bits per heavy atom. The number of halogens is 1. The lowest BCUT2D eigenvalue weighted by atomic mass is 10.1. The molecule has 0 unspecified atom stereocenters. The molecule has 5 nitrogen and oxygen atoms in total. The summed E-state index contributed by atoms with van der Waals surface area (Å²) in [4.78, 5) is 18.1. The van der Waals surface area contributed by atoms with Gasteiger partial charge in [0.25, 0.3) is 0 Å². The second-order valence-corrected chi connectivity index (χ2v) is 6.19. The summed E-state index contributed by atoms with van der Waals surface area (Å²) >= 11 is 5.82. The zero-order chi connectivity index (χ0) is 17.1. The molecule has 0 spiro atoms. The first-order valence-electron chi connectivity index (χ1n) is 8.00. The van der Waals surface area contributed by atoms with E-state index >= 15 is 0 Å². The Kier molecular flexibility index (Phi) is 4.90. The number of pyridine rings is 1. The Morgan fingerprint density at radius 3 is 2.79 bits per heavy atom. The number of ether oxygens (including phenoxy) is 1. The van der Waals surface area contributed by atoms with Crippen LogP contribution < -0.4 is 10.1 Å². The predicted molar refractivity (Wildman–Crippen MR) is 94.8 cm³/mol. The number of urea groups is 1. The monoisotopic (exact) mass is 345 g/mol. The fourth-order valence-corrected chi connectivity index (χ4v) is 2.82. The fraction of sp³-hybridized carbons (Fsp3) is 0.333. The summed E-state index contributed by atoms with van der Waals surface area (Å²) in [6, 6.07) is 11.3. The molecule has 2 aromatic rings. The van der Waals surface area contributed by atoms with Gasteiger partial charge in [-0.1, -0.05) is 36.7 Å². The van der Waals surface area contributed by atoms with Crippen LogP contribution >= 0.6 is 11.6 Å². The average Bonchev–Trinajstić information content (AvgIpc) is 2.53. The fourth-order valence-electron chi connectivity index (χ4n) is 2.63. The molecule has 1 fully saturated rings. The number of amides is 2. The Hall–Kier alpha value is -2.27. The van der Waals surface area contributed by atoms with E-state index in [1.54, 1.807) is 17.0 Å². The SMILES string of the molecule is CCc1ccccc1OC1CN(C(=O)Nc2ccc(Cl)nc2C)C1. The molecule has 2 amide bonds. The maximum atomic E-state index is 12.3. The lowest BCUT2D eigenvalue weighted by Gasteiger charge is -2.39. The van der Waals surface area contributed by atoms with Crippen molar-refractivity contribution < 1.29 is 9.53 Å². The van der Waals surface area contributed by atoms with Gasteiger partial charge in [0.2, 0.25) is 0 Å². The second-order valence-electron chi connectivity index (χ2n) is 5.80. The van der Waals surface area contributed by atoms with Crippen LogP contribution in [0.5, 0.6) is 5.75 Å². The minimum atomic E-state index is -0.147. The standard InChI is InChI=1S/C18H20ClN3O2/c1-3-13-6-4-5-7-16(13)24-14-10-22(11-14)18(23)21-15-8-9-17(19)20-12(15)2/h4-9,14H,3,10-11H2,1-2H3,(H,21,23). The molecule has 1 aliphatic heterocycles. The first-order chi connectivity index (χ1) is 11.6. The van der Waals surface area contributed by atoms with Gasteiger partial charge in [0.15, 0.2) is 0 Å². The number of hydrogen-bond donors (Lipinski definition) is 1. The largest absolute Gasteiger partial charge is 0.486 e. The van der Waals surface area contributed by atoms with Gasteiger partial charge in [0.1, 0.15) is 17.0 Å². The number of rotatable bonds is 4. The van der Waals surface area contributed by atoms with Gasteiger partial charge in [0, 0.05) is 0 Å². The molecule has 0 saturated carbocycles. The van der Waals surface area contributed by atoms with Crippen LogP contribution in [-0.4, -0.2) is 35.1 Å². The minimum absolute atomic E-state index is 0.0351. The Bertz CT molecular complexity index is 745. The summed E-state index contributed by atoms with van der Waals surface area (Å²) < 4.78 is 5.99. The van der Waals surface area contributed by atoms with Crippen LogP contribution in [0.15, 0.2) is 36.4 Å². The van der Waals surface area contributed by atoms with Gasteiger partial charge in [0.05, 0.1) is 24.5 Å². The number of nitrogens with zero attached hydrogens (tertiary/aromatic N) is 2. The number of hydrogen-bond acceptors (Lipinski definition) is 3. The van der Waals surface area contributed by atoms with Crippen molar-refractivity contribution in [2.45, 2.75) is 26.4 Å². The normalized spacial score (nSPS) is 14.2. The van der Waals surface area contributed by atoms with Gasteiger partial charge in [-0.05, 0) is 37.1 Å². The van der Waals surface area contributed by atoms with E-state index in [0.29, 0.717) is 29.6 Å². The molecule has 0 bridgehead atoms. The van der Waals surface area contributed by atoms with E-state index in [-0.39, 0.29) is 12.1 Å². The number of anilines is 1. The molecule has 126 valence electrons. The van der Waals surface area contributed by atoms with Crippen molar-refractivity contribution in [2.75, 3.05) is 18.4 Å². The second kappa shape index (κ2) is 7.09. The molecule has 2 heterocycles. The molecule has 24 heavy (non-hydrogen) atoms. The lowest BCUT2D eigenvalue weighted by Crippen LogP contribution is -2.57. The first kappa shape index (κ1) is 16.6. The summed E-state index contributed by atoms with van der Waals surface area (Å²) in [5.41, 5.74) is 2.55. The van der Waals surface area contributed by atoms with Crippen molar-refractivity contribution in [1.29, 1.82) is 0 Å². The highest BCUT2D eigenvalue weighted by Crippen LogP contribution is 2.24. The van der Waals surface area contributed by atoms with Crippen LogP contribution in [0, 0.1) is 6.92 Å². The van der Waals surface area contributed by atoms with Crippen LogP contribution in [0.4, 0.5) is 10.5 Å². The third kappa shape index (κ3) is 3.62. The number of likely N-dealkylation sites (tertiary alicyclic amines) is 1. The highest BCUT2D eigenvalue weighted by molar-refractivity contribution is 6.29. The molecule has 1 aromatic carbocycles. The molecule has 1 aromatic heterocycles. The highest BCUT2D eigenvalue weighted by atomic mass is 35.5. The molecule has 0 atom stereocenters. The van der Waals surface area contributed by atoms with Crippen LogP contribution in [0.25, 0.3) is 0 Å². The lowest BCUT2D eigenvalue weighted by molar-refractivity contribution is 0.0486. The number of para-hydroxylation sites is 1. The topological polar surface area (TPSA) is 54.5 Å². The quantitative estimate of drug-likeness (QED) is 0.855. The molecule has 1 saturated heterocycles. The van der Waals surface area contributed by atoms with Gasteiger partial charge in [-0.2, -0.15) is 0 Å². The maximum absolute atomic E-state index is 12.3. The Labute approximate surface area is 146 Å². The summed E-state index contributed by atoms with van der Waals surface area (Å²) in [6.45, 7) is 5.06. The van der Waals surface area contributed by atoms with Gasteiger partial charge in [-0.15, -0.1) is 0 Å². The molecule has 6 heteroatoms. The zero-order valence-electron chi connectivity index (χ0n) is 13.8. The van der Waals surface area contributed by atoms with E-state index in [4.69, 9.17) is 16.3 Å². The maximum Gasteiger partial charge on any atom is 0.322 e. The average molecular weight is 346 g/mol. The van der Waals surface area contributed by atoms with Gasteiger partial charge >= 0.3 is 6.03 Å². The van der Waals surface area contributed by atoms with Gasteiger partial charge in [-0.3, -0.25) is 0 Å². The van der Waals surface area contributed by atoms with E-state index in [2.05, 4.69) is 23.3 Å². The van der Waals surface area contributed by atoms with E-state index in [9.17, 15) is 4.79 Å². The van der Waals surface area contributed by atoms with E-state index in [1.165, 1.54) is 5.56 Å². The molecular weight excluding hydrogens is 326 g/mol. The van der Waals surface area contributed by atoms with Crippen molar-refractivity contribution in [3.8, 4) is 5.75 Å². The molecule has 0 radical (unpaired) electrons. The summed E-state index contributed by atoms with van der Waals surface area (Å²) in [7, 11) is 0. The Morgan fingerprint density at radius 1 is 1.33 bits per heavy atom. The Balaban J connectivity index is 1.53. The smallest absolute Gasteiger partial charge is 0.322 e. The number of carbonyl (C=O) groups is 1. The third-order valence-electron chi connectivity index (χ3n) is 4.08. The van der Waals surface area contributed by atoms with Crippen molar-refractivity contribution >= 4 is 23.3 Å². The minimum Gasteiger partial charge on any atom is -0.486 e. The number of carbonyl (C=O) groups excluding carboxylic acids is 1. The highest BCUT2D eigenvalue weighted by Gasteiger charge is 2.32. The van der Waals surface area contributed by atoms with Crippen LogP contribution in [-0.2, 0) is 6.42 Å². The zero-order valence-corrected chi connectivity index (χ0v) is 14.5. The molecular formula is C18H20ClN3O2. The first-order valence-corrected chi connectivity index (χ1v) is 8.38. The number of nitrogens with one attached hydrogen (secondary N) is 1. The van der Waals surface area contributed by atoms with E-state index < -0.39 is 0 Å². The summed E-state index contributed by atoms with van der Waals surface area (Å²) in [5.74, 6) is 0.905. The summed E-state index contributed by atoms with van der Waals surface area (Å²) in [5, 5.41) is 3.27. The van der Waals surface area contributed by atoms with Crippen LogP contribution in [0.3, 0.4) is 0 Å². The molecule has 3 rings (SSSR count). The van der Waals surface area contributed by atoms with Gasteiger partial charge in [-0.25, -0.2) is 9.78 Å². The predicted octanol–water partition coefficient (Wildman–Crippen LogP) is 3.90. The summed E-state index contributed by atoms with van der Waals surface area (Å²) in [6.07, 6.45) is 0.962. The number of benzene rings is 1. The van der Waals surface area contributed by atoms with Crippen LogP contribution in [0.2, 0.25) is 5.15 Å². The third-order valence-corrected chi connectivity index (χ3v) is 4.29. The van der Waals surface area contributed by atoms with Gasteiger partial charge < -0.3 is 15.0 Å². The van der Waals surface area contributed by atoms with E-state index in [1.807, 2.05) is 25.1 Å². The van der Waals surface area contributed by atoms with Crippen molar-refractivity contribution in [3.63, 3.8) is 0 Å². The van der Waals surface area contributed by atoms with Crippen molar-refractivity contribution in [3.05, 3.63) is 52.8 Å². The van der Waals surface area contributed by atoms with Crippen LogP contribution in [0.1, 0.15) is 18.2 Å².